The zero-order valence-corrected chi connectivity index (χ0v) is 16.5. The quantitative estimate of drug-likeness (QED) is 0.604. The summed E-state index contributed by atoms with van der Waals surface area (Å²) in [6, 6.07) is 2.23. The molecule has 2 rings (SSSR count). The van der Waals surface area contributed by atoms with Crippen LogP contribution < -0.4 is 5.32 Å². The maximum absolute atomic E-state index is 13.8. The highest BCUT2D eigenvalue weighted by Gasteiger charge is 2.43. The van der Waals surface area contributed by atoms with Gasteiger partial charge in [0.1, 0.15) is 29.3 Å². The zero-order valence-electron chi connectivity index (χ0n) is 15.7. The van der Waals surface area contributed by atoms with Crippen molar-refractivity contribution < 1.29 is 28.6 Å². The van der Waals surface area contributed by atoms with E-state index in [1.54, 1.807) is 20.8 Å². The number of amides is 1. The molecule has 0 saturated heterocycles. The highest BCUT2D eigenvalue weighted by molar-refractivity contribution is 6.32. The standard InChI is InChI=1S/C19H21ClFNO5/c1-18(2,3)27-13(23)8-22-17(26)14-15(24)9-6-11(20)12(21)7-10(9)19(4,5)16(14)25/h6-7,24H,8H2,1-5H3,(H,22,26). The van der Waals surface area contributed by atoms with Gasteiger partial charge in [-0.2, -0.15) is 0 Å². The Bertz CT molecular complexity index is 868. The average molecular weight is 398 g/mol. The fourth-order valence-corrected chi connectivity index (χ4v) is 2.93. The molecule has 1 aliphatic rings. The van der Waals surface area contributed by atoms with Crippen LogP contribution in [0.4, 0.5) is 4.39 Å². The topological polar surface area (TPSA) is 92.7 Å². The summed E-state index contributed by atoms with van der Waals surface area (Å²) < 4.78 is 18.9. The Morgan fingerprint density at radius 2 is 1.89 bits per heavy atom. The summed E-state index contributed by atoms with van der Waals surface area (Å²) in [6.45, 7) is 7.57. The Kier molecular flexibility index (Phi) is 5.39. The van der Waals surface area contributed by atoms with E-state index < -0.39 is 52.4 Å². The lowest BCUT2D eigenvalue weighted by Crippen LogP contribution is -2.43. The average Bonchev–Trinajstić information content (AvgIpc) is 2.52. The number of Topliss-reactive ketones (excluding diaryl/α,β-unsaturated/α-hetero) is 1. The molecule has 0 atom stereocenters. The number of nitrogens with one attached hydrogen (secondary N) is 1. The maximum atomic E-state index is 13.8. The lowest BCUT2D eigenvalue weighted by molar-refractivity contribution is -0.154. The Morgan fingerprint density at radius 1 is 1.30 bits per heavy atom. The molecule has 0 fully saturated rings. The van der Waals surface area contributed by atoms with Crippen LogP contribution in [0, 0.1) is 5.82 Å². The predicted molar refractivity (Wildman–Crippen MR) is 97.8 cm³/mol. The molecule has 1 amide bonds. The number of ketones is 1. The van der Waals surface area contributed by atoms with Crippen molar-refractivity contribution in [3.8, 4) is 0 Å². The predicted octanol–water partition coefficient (Wildman–Crippen LogP) is 3.07. The number of aliphatic hydroxyl groups is 1. The van der Waals surface area contributed by atoms with Gasteiger partial charge in [-0.3, -0.25) is 14.4 Å². The van der Waals surface area contributed by atoms with E-state index in [0.29, 0.717) is 0 Å². The van der Waals surface area contributed by atoms with E-state index >= 15 is 0 Å². The van der Waals surface area contributed by atoms with Crippen LogP contribution in [-0.4, -0.2) is 34.9 Å². The van der Waals surface area contributed by atoms with Crippen molar-refractivity contribution in [2.45, 2.75) is 45.6 Å². The third kappa shape index (κ3) is 4.13. The first-order valence-corrected chi connectivity index (χ1v) is 8.61. The highest BCUT2D eigenvalue weighted by atomic mass is 35.5. The molecule has 0 aromatic heterocycles. The number of hydrogen-bond acceptors (Lipinski definition) is 5. The van der Waals surface area contributed by atoms with Gasteiger partial charge in [0.2, 0.25) is 0 Å². The van der Waals surface area contributed by atoms with E-state index in [4.69, 9.17) is 16.3 Å². The third-order valence-corrected chi connectivity index (χ3v) is 4.35. The van der Waals surface area contributed by atoms with Gasteiger partial charge < -0.3 is 15.2 Å². The molecule has 0 heterocycles. The smallest absolute Gasteiger partial charge is 0.325 e. The molecular formula is C19H21ClFNO5. The van der Waals surface area contributed by atoms with Gasteiger partial charge in [0.25, 0.3) is 5.91 Å². The molecule has 0 unspecified atom stereocenters. The van der Waals surface area contributed by atoms with Gasteiger partial charge in [0, 0.05) is 5.56 Å². The van der Waals surface area contributed by atoms with Crippen LogP contribution in [0.2, 0.25) is 5.02 Å². The van der Waals surface area contributed by atoms with Crippen molar-refractivity contribution in [2.24, 2.45) is 0 Å². The normalized spacial score (nSPS) is 16.0. The summed E-state index contributed by atoms with van der Waals surface area (Å²) in [5.74, 6) is -3.66. The maximum Gasteiger partial charge on any atom is 0.325 e. The summed E-state index contributed by atoms with van der Waals surface area (Å²) in [4.78, 5) is 37.0. The number of fused-ring (bicyclic) bond motifs is 1. The van der Waals surface area contributed by atoms with Crippen molar-refractivity contribution in [3.63, 3.8) is 0 Å². The largest absolute Gasteiger partial charge is 0.506 e. The number of carbonyl (C=O) groups is 3. The van der Waals surface area contributed by atoms with Gasteiger partial charge >= 0.3 is 5.97 Å². The fraction of sp³-hybridized carbons (Fsp3) is 0.421. The van der Waals surface area contributed by atoms with E-state index in [0.717, 1.165) is 12.1 Å². The van der Waals surface area contributed by atoms with Gasteiger partial charge in [-0.15, -0.1) is 0 Å². The minimum atomic E-state index is -1.27. The number of ether oxygens (including phenoxy) is 1. The van der Waals surface area contributed by atoms with E-state index in [2.05, 4.69) is 5.32 Å². The van der Waals surface area contributed by atoms with Crippen LogP contribution in [0.25, 0.3) is 5.76 Å². The first kappa shape index (κ1) is 20.9. The molecular weight excluding hydrogens is 377 g/mol. The van der Waals surface area contributed by atoms with Crippen molar-refractivity contribution in [3.05, 3.63) is 39.7 Å². The second-order valence-corrected chi connectivity index (χ2v) is 8.17. The second-order valence-electron chi connectivity index (χ2n) is 7.76. The number of carbonyl (C=O) groups excluding carboxylic acids is 3. The van der Waals surface area contributed by atoms with E-state index in [1.165, 1.54) is 13.8 Å². The number of benzene rings is 1. The number of aliphatic hydroxyl groups excluding tert-OH is 1. The third-order valence-electron chi connectivity index (χ3n) is 4.06. The van der Waals surface area contributed by atoms with Gasteiger partial charge in [0.05, 0.1) is 10.4 Å². The Balaban J connectivity index is 2.37. The van der Waals surface area contributed by atoms with Crippen LogP contribution in [0.15, 0.2) is 17.7 Å². The van der Waals surface area contributed by atoms with Crippen molar-refractivity contribution in [2.75, 3.05) is 6.54 Å². The van der Waals surface area contributed by atoms with Crippen LogP contribution in [0.3, 0.4) is 0 Å². The summed E-state index contributed by atoms with van der Waals surface area (Å²) in [6.07, 6.45) is 0. The SMILES string of the molecule is CC(C)(C)OC(=O)CNC(=O)C1=C(O)c2cc(Cl)c(F)cc2C(C)(C)C1=O. The van der Waals surface area contributed by atoms with Crippen LogP contribution in [0.1, 0.15) is 45.7 Å². The van der Waals surface area contributed by atoms with Crippen molar-refractivity contribution >= 4 is 35.0 Å². The summed E-state index contributed by atoms with van der Waals surface area (Å²) in [7, 11) is 0. The fourth-order valence-electron chi connectivity index (χ4n) is 2.77. The molecule has 0 bridgehead atoms. The molecule has 1 aromatic carbocycles. The monoisotopic (exact) mass is 397 g/mol. The molecule has 146 valence electrons. The number of halogens is 2. The minimum Gasteiger partial charge on any atom is -0.506 e. The second kappa shape index (κ2) is 6.96. The molecule has 27 heavy (non-hydrogen) atoms. The number of hydrogen-bond donors (Lipinski definition) is 2. The van der Waals surface area contributed by atoms with Gasteiger partial charge in [0.15, 0.2) is 5.78 Å². The molecule has 1 aromatic rings. The molecule has 6 nitrogen and oxygen atoms in total. The molecule has 8 heteroatoms. The molecule has 0 aliphatic heterocycles. The van der Waals surface area contributed by atoms with E-state index in [-0.39, 0.29) is 16.1 Å². The van der Waals surface area contributed by atoms with Gasteiger partial charge in [-0.1, -0.05) is 11.6 Å². The summed E-state index contributed by atoms with van der Waals surface area (Å²) >= 11 is 5.78. The number of esters is 1. The molecule has 0 radical (unpaired) electrons. The summed E-state index contributed by atoms with van der Waals surface area (Å²) in [5, 5.41) is 12.5. The molecule has 0 saturated carbocycles. The molecule has 0 spiro atoms. The van der Waals surface area contributed by atoms with Crippen molar-refractivity contribution in [1.29, 1.82) is 0 Å². The van der Waals surface area contributed by atoms with Crippen LogP contribution >= 0.6 is 11.6 Å². The van der Waals surface area contributed by atoms with Gasteiger partial charge in [-0.25, -0.2) is 4.39 Å². The first-order valence-electron chi connectivity index (χ1n) is 8.23. The minimum absolute atomic E-state index is 0.0911. The molecule has 2 N–H and O–H groups in total. The lowest BCUT2D eigenvalue weighted by atomic mass is 9.71. The van der Waals surface area contributed by atoms with E-state index in [1.807, 2.05) is 0 Å². The Morgan fingerprint density at radius 3 is 2.44 bits per heavy atom. The molecule has 1 aliphatic carbocycles. The summed E-state index contributed by atoms with van der Waals surface area (Å²) in [5.41, 5.74) is -2.21. The number of rotatable bonds is 3. The first-order chi connectivity index (χ1) is 12.3. The van der Waals surface area contributed by atoms with Crippen LogP contribution in [-0.2, 0) is 24.5 Å². The Labute approximate surface area is 161 Å². The van der Waals surface area contributed by atoms with Gasteiger partial charge in [-0.05, 0) is 52.3 Å². The van der Waals surface area contributed by atoms with E-state index in [9.17, 15) is 23.9 Å². The Hall–Kier alpha value is -2.41. The highest BCUT2D eigenvalue weighted by Crippen LogP contribution is 2.41. The lowest BCUT2D eigenvalue weighted by Gasteiger charge is -2.32. The van der Waals surface area contributed by atoms with Crippen molar-refractivity contribution in [1.82, 2.24) is 5.32 Å². The van der Waals surface area contributed by atoms with Crippen LogP contribution in [0.5, 0.6) is 0 Å². The zero-order chi connectivity index (χ0) is 20.7.